The van der Waals surface area contributed by atoms with Crippen LogP contribution in [0, 0.1) is 0 Å². The number of hydrogen-bond donors (Lipinski definition) is 1. The summed E-state index contributed by atoms with van der Waals surface area (Å²) in [5.41, 5.74) is 2.42. The maximum Gasteiger partial charge on any atom is 0.251 e. The first-order valence-corrected chi connectivity index (χ1v) is 8.70. The number of carbonyl (C=O) groups excluding carboxylic acids is 1. The van der Waals surface area contributed by atoms with E-state index in [0.29, 0.717) is 42.7 Å². The zero-order chi connectivity index (χ0) is 17.6. The normalized spacial score (nSPS) is 13.4. The zero-order valence-electron chi connectivity index (χ0n) is 14.6. The molecule has 0 unspecified atom stereocenters. The van der Waals surface area contributed by atoms with Crippen molar-refractivity contribution < 1.29 is 14.3 Å². The van der Waals surface area contributed by atoms with Crippen LogP contribution in [0.3, 0.4) is 0 Å². The van der Waals surface area contributed by atoms with E-state index in [2.05, 4.69) is 15.3 Å². The van der Waals surface area contributed by atoms with Crippen molar-refractivity contribution in [3.63, 3.8) is 0 Å². The molecule has 1 N–H and O–H groups in total. The van der Waals surface area contributed by atoms with Gasteiger partial charge in [-0.15, -0.1) is 0 Å². The van der Waals surface area contributed by atoms with Crippen molar-refractivity contribution in [2.45, 2.75) is 39.2 Å². The van der Waals surface area contributed by atoms with Crippen LogP contribution in [-0.2, 0) is 6.54 Å². The molecule has 0 saturated heterocycles. The van der Waals surface area contributed by atoms with Gasteiger partial charge in [0, 0.05) is 17.2 Å². The van der Waals surface area contributed by atoms with Gasteiger partial charge in [-0.25, -0.2) is 9.97 Å². The van der Waals surface area contributed by atoms with E-state index in [1.807, 2.05) is 19.9 Å². The summed E-state index contributed by atoms with van der Waals surface area (Å²) in [4.78, 5) is 20.9. The fourth-order valence-electron chi connectivity index (χ4n) is 2.58. The lowest BCUT2D eigenvalue weighted by Gasteiger charge is -2.12. The first-order valence-electron chi connectivity index (χ1n) is 8.70. The fourth-order valence-corrected chi connectivity index (χ4v) is 2.58. The summed E-state index contributed by atoms with van der Waals surface area (Å²) in [5, 5.41) is 2.90. The second kappa shape index (κ2) is 7.96. The number of aromatic nitrogens is 2. The van der Waals surface area contributed by atoms with Crippen LogP contribution in [0.15, 0.2) is 30.6 Å². The van der Waals surface area contributed by atoms with Crippen molar-refractivity contribution in [1.29, 1.82) is 0 Å². The molecule has 0 atom stereocenters. The molecule has 1 saturated carbocycles. The third-order valence-corrected chi connectivity index (χ3v) is 3.98. The molecule has 3 rings (SSSR count). The van der Waals surface area contributed by atoms with Crippen LogP contribution < -0.4 is 14.8 Å². The topological polar surface area (TPSA) is 73.3 Å². The molecule has 0 bridgehead atoms. The number of benzene rings is 1. The monoisotopic (exact) mass is 341 g/mol. The Morgan fingerprint density at radius 1 is 1.12 bits per heavy atom. The molecule has 132 valence electrons. The van der Waals surface area contributed by atoms with Gasteiger partial charge in [-0.2, -0.15) is 0 Å². The maximum absolute atomic E-state index is 12.4. The van der Waals surface area contributed by atoms with Crippen LogP contribution in [0.5, 0.6) is 11.5 Å². The van der Waals surface area contributed by atoms with Crippen molar-refractivity contribution >= 4 is 5.91 Å². The van der Waals surface area contributed by atoms with Crippen molar-refractivity contribution in [2.75, 3.05) is 13.2 Å². The van der Waals surface area contributed by atoms with Gasteiger partial charge in [0.15, 0.2) is 11.5 Å². The lowest BCUT2D eigenvalue weighted by molar-refractivity contribution is 0.0950. The van der Waals surface area contributed by atoms with E-state index in [4.69, 9.17) is 9.47 Å². The molecule has 6 heteroatoms. The number of carbonyl (C=O) groups is 1. The third kappa shape index (κ3) is 4.47. The Morgan fingerprint density at radius 2 is 1.88 bits per heavy atom. The Morgan fingerprint density at radius 3 is 2.60 bits per heavy atom. The molecule has 0 aliphatic heterocycles. The first kappa shape index (κ1) is 17.2. The molecule has 1 fully saturated rings. The average molecular weight is 341 g/mol. The van der Waals surface area contributed by atoms with E-state index >= 15 is 0 Å². The van der Waals surface area contributed by atoms with E-state index < -0.39 is 0 Å². The van der Waals surface area contributed by atoms with Crippen LogP contribution in [0.4, 0.5) is 0 Å². The van der Waals surface area contributed by atoms with Crippen molar-refractivity contribution in [3.05, 3.63) is 47.5 Å². The van der Waals surface area contributed by atoms with Crippen LogP contribution in [0.2, 0.25) is 0 Å². The Hall–Kier alpha value is -2.63. The smallest absolute Gasteiger partial charge is 0.251 e. The molecule has 25 heavy (non-hydrogen) atoms. The average Bonchev–Trinajstić information content (AvgIpc) is 3.47. The molecule has 0 radical (unpaired) electrons. The highest BCUT2D eigenvalue weighted by Crippen LogP contribution is 2.38. The number of amides is 1. The first-order chi connectivity index (χ1) is 12.2. The molecule has 1 aromatic carbocycles. The summed E-state index contributed by atoms with van der Waals surface area (Å²) >= 11 is 0. The predicted molar refractivity (Wildman–Crippen MR) is 94.0 cm³/mol. The minimum atomic E-state index is -0.171. The standard InChI is InChI=1S/C19H23N3O3/c1-3-24-17-8-7-14(9-18(17)25-4-2)19(23)20-11-15-10-16(13-5-6-13)22-12-21-15/h7-10,12-13H,3-6,11H2,1-2H3,(H,20,23). The van der Waals surface area contributed by atoms with Crippen molar-refractivity contribution in [2.24, 2.45) is 0 Å². The van der Waals surface area contributed by atoms with Gasteiger partial charge in [0.25, 0.3) is 5.91 Å². The highest BCUT2D eigenvalue weighted by molar-refractivity contribution is 5.94. The minimum Gasteiger partial charge on any atom is -0.490 e. The van der Waals surface area contributed by atoms with E-state index in [9.17, 15) is 4.79 Å². The van der Waals surface area contributed by atoms with E-state index in [0.717, 1.165) is 11.4 Å². The van der Waals surface area contributed by atoms with E-state index in [1.165, 1.54) is 12.8 Å². The van der Waals surface area contributed by atoms with Gasteiger partial charge < -0.3 is 14.8 Å². The predicted octanol–water partition coefficient (Wildman–Crippen LogP) is 3.08. The Balaban J connectivity index is 1.66. The van der Waals surface area contributed by atoms with Crippen LogP contribution >= 0.6 is 0 Å². The van der Waals surface area contributed by atoms with Gasteiger partial charge in [-0.3, -0.25) is 4.79 Å². The number of nitrogens with one attached hydrogen (secondary N) is 1. The van der Waals surface area contributed by atoms with Gasteiger partial charge in [0.2, 0.25) is 0 Å². The molecule has 1 heterocycles. The molecular formula is C19H23N3O3. The molecule has 1 aliphatic rings. The summed E-state index contributed by atoms with van der Waals surface area (Å²) in [6.07, 6.45) is 3.95. The molecule has 1 amide bonds. The second-order valence-electron chi connectivity index (χ2n) is 5.92. The van der Waals surface area contributed by atoms with Crippen LogP contribution in [0.1, 0.15) is 54.4 Å². The van der Waals surface area contributed by atoms with Crippen molar-refractivity contribution in [3.8, 4) is 11.5 Å². The molecule has 1 aliphatic carbocycles. The lowest BCUT2D eigenvalue weighted by Crippen LogP contribution is -2.23. The molecule has 1 aromatic heterocycles. The molecule has 0 spiro atoms. The largest absolute Gasteiger partial charge is 0.490 e. The SMILES string of the molecule is CCOc1ccc(C(=O)NCc2cc(C3CC3)ncn2)cc1OCC. The Labute approximate surface area is 147 Å². The van der Waals surface area contributed by atoms with Gasteiger partial charge in [0.1, 0.15) is 6.33 Å². The zero-order valence-corrected chi connectivity index (χ0v) is 14.6. The summed E-state index contributed by atoms with van der Waals surface area (Å²) in [6, 6.07) is 7.18. The van der Waals surface area contributed by atoms with Gasteiger partial charge in [-0.1, -0.05) is 0 Å². The Kier molecular flexibility index (Phi) is 5.48. The summed E-state index contributed by atoms with van der Waals surface area (Å²) in [7, 11) is 0. The molecular weight excluding hydrogens is 318 g/mol. The summed E-state index contributed by atoms with van der Waals surface area (Å²) in [6.45, 7) is 5.24. The summed E-state index contributed by atoms with van der Waals surface area (Å²) in [5.74, 6) is 1.62. The fraction of sp³-hybridized carbons (Fsp3) is 0.421. The lowest BCUT2D eigenvalue weighted by atomic mass is 10.2. The van der Waals surface area contributed by atoms with E-state index in [1.54, 1.807) is 24.5 Å². The number of rotatable bonds is 8. The van der Waals surface area contributed by atoms with Gasteiger partial charge >= 0.3 is 0 Å². The van der Waals surface area contributed by atoms with Gasteiger partial charge in [-0.05, 0) is 51.0 Å². The van der Waals surface area contributed by atoms with Crippen LogP contribution in [-0.4, -0.2) is 29.1 Å². The number of hydrogen-bond acceptors (Lipinski definition) is 5. The molecule has 6 nitrogen and oxygen atoms in total. The number of ether oxygens (including phenoxy) is 2. The second-order valence-corrected chi connectivity index (χ2v) is 5.92. The summed E-state index contributed by atoms with van der Waals surface area (Å²) < 4.78 is 11.1. The minimum absolute atomic E-state index is 0.171. The molecule has 2 aromatic rings. The van der Waals surface area contributed by atoms with E-state index in [-0.39, 0.29) is 5.91 Å². The maximum atomic E-state index is 12.4. The van der Waals surface area contributed by atoms with Gasteiger partial charge in [0.05, 0.1) is 25.5 Å². The Bertz CT molecular complexity index is 744. The quantitative estimate of drug-likeness (QED) is 0.799. The van der Waals surface area contributed by atoms with Crippen LogP contribution in [0.25, 0.3) is 0 Å². The highest BCUT2D eigenvalue weighted by atomic mass is 16.5. The highest BCUT2D eigenvalue weighted by Gasteiger charge is 2.25. The third-order valence-electron chi connectivity index (χ3n) is 3.98. The number of nitrogens with zero attached hydrogens (tertiary/aromatic N) is 2. The van der Waals surface area contributed by atoms with Crippen molar-refractivity contribution in [1.82, 2.24) is 15.3 Å².